The molecule has 1 aliphatic heterocycles. The molecule has 0 saturated heterocycles. The molecule has 2 rings (SSSR count). The molecule has 0 spiro atoms. The Hall–Kier alpha value is -2.08. The van der Waals surface area contributed by atoms with Crippen LogP contribution in [0.2, 0.25) is 0 Å². The molecule has 1 aliphatic rings. The van der Waals surface area contributed by atoms with E-state index in [9.17, 15) is 9.59 Å². The number of hydrogen-bond acceptors (Lipinski definition) is 4. The number of fused-ring (bicyclic) bond motifs is 1. The number of hydrogen-bond donors (Lipinski definition) is 2. The molecule has 1 aromatic carbocycles. The van der Waals surface area contributed by atoms with Crippen molar-refractivity contribution in [2.24, 2.45) is 0 Å². The monoisotopic (exact) mass is 278 g/mol. The summed E-state index contributed by atoms with van der Waals surface area (Å²) in [5, 5.41) is 11.5. The summed E-state index contributed by atoms with van der Waals surface area (Å²) in [4.78, 5) is 25.4. The topological polar surface area (TPSA) is 78.9 Å². The Labute approximate surface area is 117 Å². The molecule has 2 unspecified atom stereocenters. The van der Waals surface area contributed by atoms with Crippen LogP contribution >= 0.6 is 0 Å². The Kier molecular flexibility index (Phi) is 4.24. The zero-order valence-electron chi connectivity index (χ0n) is 11.5. The quantitative estimate of drug-likeness (QED) is 0.830. The third-order valence-electron chi connectivity index (χ3n) is 3.06. The first-order valence-corrected chi connectivity index (χ1v) is 6.50. The first-order chi connectivity index (χ1) is 9.52. The summed E-state index contributed by atoms with van der Waals surface area (Å²) in [5.74, 6) is 0.0157. The number of para-hydroxylation sites is 2. The number of ether oxygens (including phenoxy) is 1. The van der Waals surface area contributed by atoms with Gasteiger partial charge in [0.15, 0.2) is 6.10 Å². The highest BCUT2D eigenvalue weighted by Gasteiger charge is 2.32. The fraction of sp³-hybridized carbons (Fsp3) is 0.429. The van der Waals surface area contributed by atoms with E-state index < -0.39 is 6.10 Å². The predicted molar refractivity (Wildman–Crippen MR) is 73.6 cm³/mol. The zero-order chi connectivity index (χ0) is 14.7. The lowest BCUT2D eigenvalue weighted by Crippen LogP contribution is -2.50. The van der Waals surface area contributed by atoms with E-state index in [4.69, 9.17) is 9.84 Å². The van der Waals surface area contributed by atoms with Gasteiger partial charge in [0, 0.05) is 6.04 Å². The first-order valence-electron chi connectivity index (χ1n) is 6.50. The van der Waals surface area contributed by atoms with Crippen LogP contribution in [-0.2, 0) is 9.59 Å². The number of carbonyl (C=O) groups is 2. The maximum absolute atomic E-state index is 12.2. The van der Waals surface area contributed by atoms with Crippen LogP contribution in [0.15, 0.2) is 24.3 Å². The molecule has 20 heavy (non-hydrogen) atoms. The minimum Gasteiger partial charge on any atom is -0.479 e. The molecule has 0 fully saturated rings. The second-order valence-corrected chi connectivity index (χ2v) is 4.80. The smallest absolute Gasteiger partial charge is 0.268 e. The van der Waals surface area contributed by atoms with Gasteiger partial charge in [-0.15, -0.1) is 0 Å². The highest BCUT2D eigenvalue weighted by molar-refractivity contribution is 6.03. The zero-order valence-corrected chi connectivity index (χ0v) is 11.5. The third-order valence-corrected chi connectivity index (χ3v) is 3.06. The number of benzene rings is 1. The molecule has 0 bridgehead atoms. The normalized spacial score (nSPS) is 19.1. The highest BCUT2D eigenvalue weighted by atomic mass is 16.5. The van der Waals surface area contributed by atoms with Crippen LogP contribution in [0.3, 0.4) is 0 Å². The molecule has 6 nitrogen and oxygen atoms in total. The number of aliphatic hydroxyl groups excluding tert-OH is 1. The van der Waals surface area contributed by atoms with Crippen molar-refractivity contribution in [2.45, 2.75) is 26.0 Å². The van der Waals surface area contributed by atoms with E-state index in [1.807, 2.05) is 6.07 Å². The number of amides is 2. The lowest BCUT2D eigenvalue weighted by Gasteiger charge is -2.32. The Balaban J connectivity index is 2.17. The predicted octanol–water partition coefficient (Wildman–Crippen LogP) is 0.298. The van der Waals surface area contributed by atoms with Gasteiger partial charge in [-0.3, -0.25) is 14.5 Å². The Bertz CT molecular complexity index is 518. The molecule has 0 radical (unpaired) electrons. The molecule has 1 heterocycles. The van der Waals surface area contributed by atoms with Gasteiger partial charge >= 0.3 is 0 Å². The maximum Gasteiger partial charge on any atom is 0.268 e. The summed E-state index contributed by atoms with van der Waals surface area (Å²) >= 11 is 0. The number of rotatable bonds is 4. The van der Waals surface area contributed by atoms with Gasteiger partial charge in [0.2, 0.25) is 5.91 Å². The number of nitrogens with zero attached hydrogens (tertiary/aromatic N) is 1. The van der Waals surface area contributed by atoms with Crippen molar-refractivity contribution in [1.29, 1.82) is 0 Å². The van der Waals surface area contributed by atoms with Crippen LogP contribution in [0.5, 0.6) is 5.75 Å². The molecule has 0 saturated carbocycles. The maximum atomic E-state index is 12.2. The Morgan fingerprint density at radius 1 is 1.50 bits per heavy atom. The second-order valence-electron chi connectivity index (χ2n) is 4.80. The summed E-state index contributed by atoms with van der Waals surface area (Å²) in [5.41, 5.74) is 0.586. The number of nitrogens with one attached hydrogen (secondary N) is 1. The summed E-state index contributed by atoms with van der Waals surface area (Å²) < 4.78 is 5.50. The molecule has 2 N–H and O–H groups in total. The van der Waals surface area contributed by atoms with E-state index >= 15 is 0 Å². The van der Waals surface area contributed by atoms with Crippen LogP contribution in [-0.4, -0.2) is 42.2 Å². The summed E-state index contributed by atoms with van der Waals surface area (Å²) in [6.07, 6.45) is -0.618. The number of carbonyl (C=O) groups excluding carboxylic acids is 2. The van der Waals surface area contributed by atoms with E-state index in [2.05, 4.69) is 5.32 Å². The minimum absolute atomic E-state index is 0.0894. The molecule has 0 aromatic heterocycles. The van der Waals surface area contributed by atoms with Crippen LogP contribution in [0, 0.1) is 0 Å². The molecule has 2 atom stereocenters. The van der Waals surface area contributed by atoms with Gasteiger partial charge < -0.3 is 15.2 Å². The highest BCUT2D eigenvalue weighted by Crippen LogP contribution is 2.33. The molecule has 6 heteroatoms. The second kappa shape index (κ2) is 5.92. The van der Waals surface area contributed by atoms with Crippen LogP contribution < -0.4 is 15.0 Å². The minimum atomic E-state index is -0.618. The molecule has 108 valence electrons. The summed E-state index contributed by atoms with van der Waals surface area (Å²) in [6, 6.07) is 6.76. The molecule has 2 amide bonds. The molecule has 1 aromatic rings. The average Bonchev–Trinajstić information content (AvgIpc) is 2.43. The van der Waals surface area contributed by atoms with E-state index in [0.29, 0.717) is 11.4 Å². The first kappa shape index (κ1) is 14.3. The van der Waals surface area contributed by atoms with Gasteiger partial charge in [0.05, 0.1) is 12.3 Å². The molecular formula is C14H18N2O4. The van der Waals surface area contributed by atoms with E-state index in [1.165, 1.54) is 4.90 Å². The Morgan fingerprint density at radius 2 is 2.20 bits per heavy atom. The van der Waals surface area contributed by atoms with Crippen molar-refractivity contribution in [3.63, 3.8) is 0 Å². The van der Waals surface area contributed by atoms with Crippen LogP contribution in [0.25, 0.3) is 0 Å². The van der Waals surface area contributed by atoms with Gasteiger partial charge in [-0.25, -0.2) is 0 Å². The van der Waals surface area contributed by atoms with E-state index in [1.54, 1.807) is 32.0 Å². The van der Waals surface area contributed by atoms with Gasteiger partial charge in [-0.05, 0) is 26.0 Å². The van der Waals surface area contributed by atoms with Crippen molar-refractivity contribution < 1.29 is 19.4 Å². The van der Waals surface area contributed by atoms with Crippen molar-refractivity contribution in [2.75, 3.05) is 18.1 Å². The van der Waals surface area contributed by atoms with Crippen LogP contribution in [0.4, 0.5) is 5.69 Å². The van der Waals surface area contributed by atoms with Gasteiger partial charge in [-0.2, -0.15) is 0 Å². The fourth-order valence-corrected chi connectivity index (χ4v) is 2.03. The van der Waals surface area contributed by atoms with Crippen molar-refractivity contribution in [3.05, 3.63) is 24.3 Å². The van der Waals surface area contributed by atoms with E-state index in [0.717, 1.165) is 0 Å². The summed E-state index contributed by atoms with van der Waals surface area (Å²) in [7, 11) is 0. The lowest BCUT2D eigenvalue weighted by molar-refractivity contribution is -0.128. The Morgan fingerprint density at radius 3 is 2.90 bits per heavy atom. The average molecular weight is 278 g/mol. The van der Waals surface area contributed by atoms with Crippen molar-refractivity contribution >= 4 is 17.5 Å². The SMILES string of the molecule is CC(CO)NC(=O)CN1C(=O)C(C)Oc2ccccc21. The van der Waals surface area contributed by atoms with Crippen molar-refractivity contribution in [1.82, 2.24) is 5.32 Å². The summed E-state index contributed by atoms with van der Waals surface area (Å²) in [6.45, 7) is 3.11. The fourth-order valence-electron chi connectivity index (χ4n) is 2.03. The van der Waals surface area contributed by atoms with E-state index in [-0.39, 0.29) is 31.0 Å². The number of aliphatic hydroxyl groups is 1. The van der Waals surface area contributed by atoms with Gasteiger partial charge in [0.1, 0.15) is 12.3 Å². The van der Waals surface area contributed by atoms with Crippen LogP contribution in [0.1, 0.15) is 13.8 Å². The molecular weight excluding hydrogens is 260 g/mol. The third kappa shape index (κ3) is 2.91. The lowest BCUT2D eigenvalue weighted by atomic mass is 10.2. The van der Waals surface area contributed by atoms with Crippen molar-refractivity contribution in [3.8, 4) is 5.75 Å². The van der Waals surface area contributed by atoms with Gasteiger partial charge in [0.25, 0.3) is 5.91 Å². The standard InChI is InChI=1S/C14H18N2O4/c1-9(8-17)15-13(18)7-16-11-5-3-4-6-12(11)20-10(2)14(16)19/h3-6,9-10,17H,7-8H2,1-2H3,(H,15,18). The number of anilines is 1. The largest absolute Gasteiger partial charge is 0.479 e. The van der Waals surface area contributed by atoms with Gasteiger partial charge in [-0.1, -0.05) is 12.1 Å². The molecule has 0 aliphatic carbocycles.